The van der Waals surface area contributed by atoms with Crippen LogP contribution >= 0.6 is 11.9 Å². The first kappa shape index (κ1) is 10.8. The second-order valence-electron chi connectivity index (χ2n) is 4.67. The minimum Gasteiger partial charge on any atom is -0.306 e. The molecule has 0 spiro atoms. The molecule has 0 aromatic heterocycles. The van der Waals surface area contributed by atoms with Gasteiger partial charge in [-0.1, -0.05) is 18.9 Å². The van der Waals surface area contributed by atoms with Crippen molar-refractivity contribution in [2.75, 3.05) is 39.0 Å². The molecule has 0 bridgehead atoms. The third-order valence-electron chi connectivity index (χ3n) is 3.59. The van der Waals surface area contributed by atoms with Crippen LogP contribution in [0.2, 0.25) is 0 Å². The van der Waals surface area contributed by atoms with E-state index in [-0.39, 0.29) is 0 Å². The molecule has 0 radical (unpaired) electrons. The average Bonchev–Trinajstić information content (AvgIpc) is 2.17. The number of fused-ring (bicyclic) bond motifs is 1. The molecular formula is C11H22N2S. The zero-order valence-electron chi connectivity index (χ0n) is 9.41. The van der Waals surface area contributed by atoms with Crippen LogP contribution in [0, 0.1) is 11.8 Å². The van der Waals surface area contributed by atoms with E-state index in [9.17, 15) is 0 Å². The Morgan fingerprint density at radius 3 is 2.71 bits per heavy atom. The predicted octanol–water partition coefficient (Wildman–Crippen LogP) is 1.93. The quantitative estimate of drug-likeness (QED) is 0.649. The molecule has 2 heterocycles. The highest BCUT2D eigenvalue weighted by molar-refractivity contribution is 7.96. The molecule has 2 atom stereocenters. The average molecular weight is 214 g/mol. The maximum atomic E-state index is 2.58. The van der Waals surface area contributed by atoms with Crippen molar-refractivity contribution in [2.45, 2.75) is 19.8 Å². The molecule has 0 aromatic carbocycles. The summed E-state index contributed by atoms with van der Waals surface area (Å²) in [6.07, 6.45) is 2.87. The van der Waals surface area contributed by atoms with Crippen LogP contribution in [0.5, 0.6) is 0 Å². The van der Waals surface area contributed by atoms with Crippen molar-refractivity contribution in [3.63, 3.8) is 0 Å². The molecule has 2 aliphatic rings. The van der Waals surface area contributed by atoms with Crippen molar-refractivity contribution in [1.29, 1.82) is 0 Å². The van der Waals surface area contributed by atoms with E-state index >= 15 is 0 Å². The van der Waals surface area contributed by atoms with Crippen molar-refractivity contribution < 1.29 is 0 Å². The molecule has 2 saturated heterocycles. The van der Waals surface area contributed by atoms with Gasteiger partial charge in [0, 0.05) is 25.4 Å². The molecule has 2 rings (SSSR count). The summed E-state index contributed by atoms with van der Waals surface area (Å²) >= 11 is 2.02. The maximum absolute atomic E-state index is 2.58. The third-order valence-corrected chi connectivity index (χ3v) is 4.55. The number of nitrogens with zero attached hydrogens (tertiary/aromatic N) is 2. The normalized spacial score (nSPS) is 35.6. The first-order valence-corrected chi connectivity index (χ1v) is 6.80. The Morgan fingerprint density at radius 1 is 1.14 bits per heavy atom. The van der Waals surface area contributed by atoms with Gasteiger partial charge in [-0.15, -0.1) is 0 Å². The van der Waals surface area contributed by atoms with Gasteiger partial charge in [-0.3, -0.25) is 4.31 Å². The van der Waals surface area contributed by atoms with E-state index < -0.39 is 0 Å². The lowest BCUT2D eigenvalue weighted by atomic mass is 9.81. The van der Waals surface area contributed by atoms with Gasteiger partial charge in [-0.25, -0.2) is 0 Å². The van der Waals surface area contributed by atoms with Crippen LogP contribution in [0.1, 0.15) is 19.8 Å². The second kappa shape index (κ2) is 4.86. The molecule has 2 aliphatic heterocycles. The summed E-state index contributed by atoms with van der Waals surface area (Å²) in [6, 6.07) is 0. The second-order valence-corrected chi connectivity index (χ2v) is 6.02. The van der Waals surface area contributed by atoms with E-state index in [1.54, 1.807) is 0 Å². The molecule has 2 nitrogen and oxygen atoms in total. The Morgan fingerprint density at radius 2 is 1.93 bits per heavy atom. The molecule has 0 N–H and O–H groups in total. The number of rotatable bonds is 2. The maximum Gasteiger partial charge on any atom is 0.0133 e. The highest BCUT2D eigenvalue weighted by Crippen LogP contribution is 2.32. The standard InChI is InChI=1S/C11H22N2S/c1-3-14-13-7-5-10-4-6-12(2)8-11(10)9-13/h10-11H,3-9H2,1-2H3. The Balaban J connectivity index is 1.86. The summed E-state index contributed by atoms with van der Waals surface area (Å²) in [7, 11) is 2.27. The number of hydrogen-bond donors (Lipinski definition) is 0. The van der Waals surface area contributed by atoms with Gasteiger partial charge >= 0.3 is 0 Å². The lowest BCUT2D eigenvalue weighted by Crippen LogP contribution is -2.47. The Hall–Kier alpha value is 0.270. The number of hydrogen-bond acceptors (Lipinski definition) is 3. The van der Waals surface area contributed by atoms with Gasteiger partial charge in [-0.05, 0) is 38.3 Å². The molecule has 2 unspecified atom stereocenters. The highest BCUT2D eigenvalue weighted by atomic mass is 32.2. The molecule has 0 amide bonds. The molecular weight excluding hydrogens is 192 g/mol. The van der Waals surface area contributed by atoms with Gasteiger partial charge in [0.1, 0.15) is 0 Å². The van der Waals surface area contributed by atoms with Crippen LogP contribution in [-0.2, 0) is 0 Å². The van der Waals surface area contributed by atoms with Crippen LogP contribution in [0.25, 0.3) is 0 Å². The van der Waals surface area contributed by atoms with E-state index in [1.165, 1.54) is 44.8 Å². The molecule has 14 heavy (non-hydrogen) atoms. The van der Waals surface area contributed by atoms with E-state index in [0.717, 1.165) is 11.8 Å². The summed E-state index contributed by atoms with van der Waals surface area (Å²) < 4.78 is 2.58. The first-order chi connectivity index (χ1) is 6.79. The topological polar surface area (TPSA) is 6.48 Å². The van der Waals surface area contributed by atoms with Crippen LogP contribution in [-0.4, -0.2) is 48.2 Å². The first-order valence-electron chi connectivity index (χ1n) is 5.86. The monoisotopic (exact) mass is 214 g/mol. The van der Waals surface area contributed by atoms with E-state index in [1.807, 2.05) is 11.9 Å². The van der Waals surface area contributed by atoms with Crippen molar-refractivity contribution in [3.8, 4) is 0 Å². The molecule has 0 saturated carbocycles. The molecule has 0 aliphatic carbocycles. The van der Waals surface area contributed by atoms with Gasteiger partial charge in [0.2, 0.25) is 0 Å². The summed E-state index contributed by atoms with van der Waals surface area (Å²) in [5.74, 6) is 3.20. The fraction of sp³-hybridized carbons (Fsp3) is 1.00. The van der Waals surface area contributed by atoms with E-state index in [0.29, 0.717) is 0 Å². The number of piperidine rings is 2. The highest BCUT2D eigenvalue weighted by Gasteiger charge is 2.32. The lowest BCUT2D eigenvalue weighted by Gasteiger charge is -2.43. The smallest absolute Gasteiger partial charge is 0.0133 e. The van der Waals surface area contributed by atoms with Gasteiger partial charge in [0.15, 0.2) is 0 Å². The Labute approximate surface area is 92.2 Å². The minimum atomic E-state index is 0.946. The van der Waals surface area contributed by atoms with E-state index in [2.05, 4.69) is 23.2 Å². The summed E-state index contributed by atoms with van der Waals surface area (Å²) in [5.41, 5.74) is 0. The van der Waals surface area contributed by atoms with Crippen LogP contribution < -0.4 is 0 Å². The van der Waals surface area contributed by atoms with Gasteiger partial charge in [-0.2, -0.15) is 0 Å². The van der Waals surface area contributed by atoms with Crippen LogP contribution in [0.15, 0.2) is 0 Å². The predicted molar refractivity (Wildman–Crippen MR) is 63.4 cm³/mol. The minimum absolute atomic E-state index is 0.946. The molecule has 0 aromatic rings. The zero-order chi connectivity index (χ0) is 9.97. The SMILES string of the molecule is CCSN1CCC2CCN(C)CC2C1. The molecule has 82 valence electrons. The fourth-order valence-corrected chi connectivity index (χ4v) is 3.71. The zero-order valence-corrected chi connectivity index (χ0v) is 10.2. The van der Waals surface area contributed by atoms with Crippen LogP contribution in [0.4, 0.5) is 0 Å². The fourth-order valence-electron chi connectivity index (χ4n) is 2.81. The van der Waals surface area contributed by atoms with Crippen LogP contribution in [0.3, 0.4) is 0 Å². The van der Waals surface area contributed by atoms with Crippen molar-refractivity contribution in [3.05, 3.63) is 0 Å². The number of likely N-dealkylation sites (tertiary alicyclic amines) is 1. The summed E-state index contributed by atoms with van der Waals surface area (Å²) in [6.45, 7) is 7.55. The van der Waals surface area contributed by atoms with Crippen molar-refractivity contribution in [1.82, 2.24) is 9.21 Å². The van der Waals surface area contributed by atoms with Crippen molar-refractivity contribution in [2.24, 2.45) is 11.8 Å². The lowest BCUT2D eigenvalue weighted by molar-refractivity contribution is 0.0891. The molecule has 2 fully saturated rings. The van der Waals surface area contributed by atoms with Gasteiger partial charge < -0.3 is 4.90 Å². The molecule has 3 heteroatoms. The summed E-state index contributed by atoms with van der Waals surface area (Å²) in [4.78, 5) is 2.50. The van der Waals surface area contributed by atoms with Gasteiger partial charge in [0.25, 0.3) is 0 Å². The van der Waals surface area contributed by atoms with Gasteiger partial charge in [0.05, 0.1) is 0 Å². The Kier molecular flexibility index (Phi) is 3.74. The third kappa shape index (κ3) is 2.44. The largest absolute Gasteiger partial charge is 0.306 e. The van der Waals surface area contributed by atoms with E-state index in [4.69, 9.17) is 0 Å². The summed E-state index contributed by atoms with van der Waals surface area (Å²) in [5, 5.41) is 0. The van der Waals surface area contributed by atoms with Crippen molar-refractivity contribution >= 4 is 11.9 Å². The Bertz CT molecular complexity index is 186.